The van der Waals surface area contributed by atoms with Crippen molar-refractivity contribution in [1.82, 2.24) is 4.90 Å². The van der Waals surface area contributed by atoms with E-state index in [1.54, 1.807) is 14.1 Å². The molecule has 17 heavy (non-hydrogen) atoms. The van der Waals surface area contributed by atoms with E-state index < -0.39 is 11.8 Å². The normalized spacial score (nSPS) is 9.88. The topological polar surface area (TPSA) is 46.6 Å². The molecule has 0 saturated heterocycles. The zero-order chi connectivity index (χ0) is 13.0. The highest BCUT2D eigenvalue weighted by Crippen LogP contribution is 2.18. The van der Waals surface area contributed by atoms with Crippen molar-refractivity contribution < 1.29 is 18.7 Å². The van der Waals surface area contributed by atoms with Crippen molar-refractivity contribution in [3.8, 4) is 0 Å². The van der Waals surface area contributed by atoms with Crippen LogP contribution < -0.4 is 0 Å². The summed E-state index contributed by atoms with van der Waals surface area (Å²) in [5.41, 5.74) is 0.0274. The SMILES string of the molecule is CN(C)C(=O)COC(=O)c1ccc(F)cc1Cl. The summed E-state index contributed by atoms with van der Waals surface area (Å²) in [6, 6.07) is 3.31. The molecule has 0 atom stereocenters. The first kappa shape index (κ1) is 13.4. The van der Waals surface area contributed by atoms with Gasteiger partial charge in [0.1, 0.15) is 5.82 Å². The molecule has 1 aromatic rings. The minimum Gasteiger partial charge on any atom is -0.452 e. The molecule has 0 N–H and O–H groups in total. The number of rotatable bonds is 3. The number of carbonyl (C=O) groups excluding carboxylic acids is 2. The zero-order valence-electron chi connectivity index (χ0n) is 9.37. The van der Waals surface area contributed by atoms with Gasteiger partial charge in [-0.15, -0.1) is 0 Å². The van der Waals surface area contributed by atoms with E-state index in [1.807, 2.05) is 0 Å². The van der Waals surface area contributed by atoms with Gasteiger partial charge in [-0.3, -0.25) is 4.79 Å². The Hall–Kier alpha value is -1.62. The Kier molecular flexibility index (Phi) is 4.45. The molecule has 0 bridgehead atoms. The van der Waals surface area contributed by atoms with E-state index in [2.05, 4.69) is 0 Å². The summed E-state index contributed by atoms with van der Waals surface area (Å²) < 4.78 is 17.5. The van der Waals surface area contributed by atoms with Crippen molar-refractivity contribution in [3.63, 3.8) is 0 Å². The van der Waals surface area contributed by atoms with Crippen LogP contribution in [0.25, 0.3) is 0 Å². The summed E-state index contributed by atoms with van der Waals surface area (Å²) in [7, 11) is 3.09. The quantitative estimate of drug-likeness (QED) is 0.777. The third kappa shape index (κ3) is 3.71. The standard InChI is InChI=1S/C11H11ClFNO3/c1-14(2)10(15)6-17-11(16)8-4-3-7(13)5-9(8)12/h3-5H,6H2,1-2H3. The number of nitrogens with zero attached hydrogens (tertiary/aromatic N) is 1. The third-order valence-corrected chi connectivity index (χ3v) is 2.29. The second kappa shape index (κ2) is 5.63. The van der Waals surface area contributed by atoms with Crippen molar-refractivity contribution in [1.29, 1.82) is 0 Å². The van der Waals surface area contributed by atoms with E-state index in [1.165, 1.54) is 11.0 Å². The number of hydrogen-bond acceptors (Lipinski definition) is 3. The molecule has 6 heteroatoms. The summed E-state index contributed by atoms with van der Waals surface area (Å²) in [4.78, 5) is 24.0. The summed E-state index contributed by atoms with van der Waals surface area (Å²) in [6.45, 7) is -0.375. The first-order valence-electron chi connectivity index (χ1n) is 4.74. The Morgan fingerprint density at radius 1 is 1.41 bits per heavy atom. The van der Waals surface area contributed by atoms with Gasteiger partial charge in [0.2, 0.25) is 0 Å². The van der Waals surface area contributed by atoms with Crippen LogP contribution in [-0.2, 0) is 9.53 Å². The molecule has 92 valence electrons. The molecule has 0 aromatic heterocycles. The fraction of sp³-hybridized carbons (Fsp3) is 0.273. The van der Waals surface area contributed by atoms with Gasteiger partial charge in [0.25, 0.3) is 5.91 Å². The van der Waals surface area contributed by atoms with Crippen molar-refractivity contribution in [2.45, 2.75) is 0 Å². The van der Waals surface area contributed by atoms with E-state index in [0.717, 1.165) is 12.1 Å². The predicted molar refractivity (Wildman–Crippen MR) is 60.4 cm³/mol. The number of esters is 1. The van der Waals surface area contributed by atoms with Crippen LogP contribution in [0.4, 0.5) is 4.39 Å². The molecule has 0 aliphatic carbocycles. The fourth-order valence-corrected chi connectivity index (χ4v) is 1.23. The smallest absolute Gasteiger partial charge is 0.340 e. The molecular weight excluding hydrogens is 249 g/mol. The van der Waals surface area contributed by atoms with Crippen LogP contribution in [0.3, 0.4) is 0 Å². The van der Waals surface area contributed by atoms with Crippen LogP contribution in [0.15, 0.2) is 18.2 Å². The van der Waals surface area contributed by atoms with Crippen molar-refractivity contribution in [3.05, 3.63) is 34.6 Å². The molecule has 0 aliphatic rings. The van der Waals surface area contributed by atoms with E-state index >= 15 is 0 Å². The molecule has 1 amide bonds. The Labute approximate surface area is 103 Å². The van der Waals surface area contributed by atoms with Gasteiger partial charge in [0, 0.05) is 14.1 Å². The summed E-state index contributed by atoms with van der Waals surface area (Å²) >= 11 is 5.67. The molecule has 0 fully saturated rings. The van der Waals surface area contributed by atoms with Gasteiger partial charge in [-0.2, -0.15) is 0 Å². The number of carbonyl (C=O) groups is 2. The second-order valence-corrected chi connectivity index (χ2v) is 3.90. The molecule has 1 rings (SSSR count). The number of likely N-dealkylation sites (N-methyl/N-ethyl adjacent to an activating group) is 1. The molecule has 0 spiro atoms. The molecule has 0 saturated carbocycles. The summed E-state index contributed by atoms with van der Waals surface area (Å²) in [6.07, 6.45) is 0. The van der Waals surface area contributed by atoms with Gasteiger partial charge in [0.15, 0.2) is 6.61 Å². The molecule has 1 aromatic carbocycles. The minimum atomic E-state index is -0.759. The Morgan fingerprint density at radius 3 is 2.59 bits per heavy atom. The first-order valence-corrected chi connectivity index (χ1v) is 5.12. The fourth-order valence-electron chi connectivity index (χ4n) is 0.989. The van der Waals surface area contributed by atoms with Crippen LogP contribution in [0, 0.1) is 5.82 Å². The number of halogens is 2. The maximum absolute atomic E-state index is 12.7. The maximum Gasteiger partial charge on any atom is 0.340 e. The average Bonchev–Trinajstić information content (AvgIpc) is 2.25. The van der Waals surface area contributed by atoms with E-state index in [-0.39, 0.29) is 23.1 Å². The van der Waals surface area contributed by atoms with Crippen LogP contribution in [0.5, 0.6) is 0 Å². The molecular formula is C11H11ClFNO3. The number of amides is 1. The van der Waals surface area contributed by atoms with Crippen LogP contribution >= 0.6 is 11.6 Å². The lowest BCUT2D eigenvalue weighted by Crippen LogP contribution is -2.27. The first-order chi connectivity index (χ1) is 7.91. The third-order valence-electron chi connectivity index (χ3n) is 1.98. The summed E-state index contributed by atoms with van der Waals surface area (Å²) in [5, 5.41) is -0.0488. The highest BCUT2D eigenvalue weighted by molar-refractivity contribution is 6.33. The van der Waals surface area contributed by atoms with Gasteiger partial charge < -0.3 is 9.64 Å². The van der Waals surface area contributed by atoms with Gasteiger partial charge in [-0.25, -0.2) is 9.18 Å². The Bertz CT molecular complexity index is 448. The van der Waals surface area contributed by atoms with Crippen LogP contribution in [0.1, 0.15) is 10.4 Å². The van der Waals surface area contributed by atoms with Gasteiger partial charge in [-0.1, -0.05) is 11.6 Å². The minimum absolute atomic E-state index is 0.0274. The van der Waals surface area contributed by atoms with Gasteiger partial charge >= 0.3 is 5.97 Å². The van der Waals surface area contributed by atoms with Crippen molar-refractivity contribution >= 4 is 23.5 Å². The molecule has 0 radical (unpaired) electrons. The van der Waals surface area contributed by atoms with E-state index in [0.29, 0.717) is 0 Å². The zero-order valence-corrected chi connectivity index (χ0v) is 10.1. The van der Waals surface area contributed by atoms with E-state index in [4.69, 9.17) is 16.3 Å². The van der Waals surface area contributed by atoms with Gasteiger partial charge in [-0.05, 0) is 18.2 Å². The molecule has 0 heterocycles. The predicted octanol–water partition coefficient (Wildman–Crippen LogP) is 1.72. The monoisotopic (exact) mass is 259 g/mol. The number of benzene rings is 1. The second-order valence-electron chi connectivity index (χ2n) is 3.49. The molecule has 0 aliphatic heterocycles. The molecule has 4 nitrogen and oxygen atoms in total. The Morgan fingerprint density at radius 2 is 2.06 bits per heavy atom. The summed E-state index contributed by atoms with van der Waals surface area (Å²) in [5.74, 6) is -1.65. The van der Waals surface area contributed by atoms with E-state index in [9.17, 15) is 14.0 Å². The Balaban J connectivity index is 2.68. The van der Waals surface area contributed by atoms with Crippen molar-refractivity contribution in [2.75, 3.05) is 20.7 Å². The lowest BCUT2D eigenvalue weighted by molar-refractivity contribution is -0.131. The van der Waals surface area contributed by atoms with Gasteiger partial charge in [0.05, 0.1) is 10.6 Å². The number of ether oxygens (including phenoxy) is 1. The van der Waals surface area contributed by atoms with Crippen LogP contribution in [0.2, 0.25) is 5.02 Å². The largest absolute Gasteiger partial charge is 0.452 e. The average molecular weight is 260 g/mol. The number of hydrogen-bond donors (Lipinski definition) is 0. The lowest BCUT2D eigenvalue weighted by Gasteiger charge is -2.10. The highest BCUT2D eigenvalue weighted by Gasteiger charge is 2.14. The maximum atomic E-state index is 12.7. The van der Waals surface area contributed by atoms with Crippen LogP contribution in [-0.4, -0.2) is 37.5 Å². The lowest BCUT2D eigenvalue weighted by atomic mass is 10.2. The van der Waals surface area contributed by atoms with Crippen molar-refractivity contribution in [2.24, 2.45) is 0 Å². The molecule has 0 unspecified atom stereocenters. The highest BCUT2D eigenvalue weighted by atomic mass is 35.5.